The summed E-state index contributed by atoms with van der Waals surface area (Å²) in [6, 6.07) is 38.3. The summed E-state index contributed by atoms with van der Waals surface area (Å²) < 4.78 is 0. The second kappa shape index (κ2) is 11.6. The molecule has 2 aliphatic heterocycles. The fourth-order valence-corrected chi connectivity index (χ4v) is 6.71. The maximum atomic E-state index is 14.0. The molecular formula is C39H35N3O2. The highest BCUT2D eigenvalue weighted by Gasteiger charge is 2.35. The van der Waals surface area contributed by atoms with Crippen LogP contribution in [0.1, 0.15) is 51.3 Å². The Morgan fingerprint density at radius 1 is 0.614 bits per heavy atom. The Morgan fingerprint density at radius 3 is 1.84 bits per heavy atom. The number of amides is 2. The normalized spacial score (nSPS) is 16.0. The number of anilines is 2. The lowest BCUT2D eigenvalue weighted by Gasteiger charge is -2.37. The van der Waals surface area contributed by atoms with Crippen molar-refractivity contribution in [3.8, 4) is 0 Å². The largest absolute Gasteiger partial charge is 0.368 e. The summed E-state index contributed by atoms with van der Waals surface area (Å²) in [5.41, 5.74) is 8.34. The molecule has 7 rings (SSSR count). The van der Waals surface area contributed by atoms with Crippen molar-refractivity contribution in [1.82, 2.24) is 4.90 Å². The Hall–Kier alpha value is -5.00. The van der Waals surface area contributed by atoms with Crippen molar-refractivity contribution >= 4 is 45.1 Å². The van der Waals surface area contributed by atoms with E-state index >= 15 is 0 Å². The monoisotopic (exact) mass is 577 g/mol. The van der Waals surface area contributed by atoms with Crippen LogP contribution in [0.25, 0.3) is 21.9 Å². The van der Waals surface area contributed by atoms with Crippen molar-refractivity contribution < 1.29 is 9.59 Å². The van der Waals surface area contributed by atoms with Gasteiger partial charge >= 0.3 is 0 Å². The lowest BCUT2D eigenvalue weighted by atomic mass is 9.90. The Balaban J connectivity index is 1.25. The van der Waals surface area contributed by atoms with Crippen molar-refractivity contribution in [2.75, 3.05) is 42.5 Å². The number of carbonyl (C=O) groups excluding carboxylic acids is 2. The Labute approximate surface area is 258 Å². The topological polar surface area (TPSA) is 43.9 Å². The van der Waals surface area contributed by atoms with E-state index in [4.69, 9.17) is 0 Å². The molecule has 0 radical (unpaired) electrons. The van der Waals surface area contributed by atoms with Crippen LogP contribution in [0, 0.1) is 0 Å². The first-order chi connectivity index (χ1) is 21.5. The first-order valence-electron chi connectivity index (χ1n) is 15.4. The summed E-state index contributed by atoms with van der Waals surface area (Å²) in [5.74, 6) is -0.568. The predicted octanol–water partition coefficient (Wildman–Crippen LogP) is 7.76. The number of hydrogen-bond donors (Lipinski definition) is 0. The van der Waals surface area contributed by atoms with Gasteiger partial charge in [-0.15, -0.1) is 0 Å². The van der Waals surface area contributed by atoms with Crippen LogP contribution in [0.4, 0.5) is 11.4 Å². The van der Waals surface area contributed by atoms with Crippen molar-refractivity contribution in [2.24, 2.45) is 0 Å². The van der Waals surface area contributed by atoms with Gasteiger partial charge in [0, 0.05) is 53.8 Å². The summed E-state index contributed by atoms with van der Waals surface area (Å²) in [6.07, 6.45) is 0. The number of nitrogens with zero attached hydrogens (tertiary/aromatic N) is 3. The second-order valence-corrected chi connectivity index (χ2v) is 11.5. The summed E-state index contributed by atoms with van der Waals surface area (Å²) in [5, 5.41) is 1.73. The zero-order chi connectivity index (χ0) is 30.2. The van der Waals surface area contributed by atoms with Gasteiger partial charge in [-0.1, -0.05) is 91.9 Å². The Bertz CT molecular complexity index is 1870. The lowest BCUT2D eigenvalue weighted by Crippen LogP contribution is -2.46. The highest BCUT2D eigenvalue weighted by molar-refractivity contribution is 6.36. The van der Waals surface area contributed by atoms with E-state index in [0.29, 0.717) is 16.8 Å². The van der Waals surface area contributed by atoms with E-state index in [0.717, 1.165) is 77.0 Å². The molecule has 1 fully saturated rings. The number of benzene rings is 5. The summed E-state index contributed by atoms with van der Waals surface area (Å²) in [4.78, 5) is 34.1. The maximum absolute atomic E-state index is 14.0. The first kappa shape index (κ1) is 27.8. The Kier molecular flexibility index (Phi) is 7.32. The molecule has 5 aromatic rings. The lowest BCUT2D eigenvalue weighted by molar-refractivity contribution is 0.0893. The molecule has 218 valence electrons. The fraction of sp³-hybridized carbons (Fsp3) is 0.179. The van der Waals surface area contributed by atoms with Gasteiger partial charge in [0.05, 0.1) is 5.69 Å². The van der Waals surface area contributed by atoms with Gasteiger partial charge in [-0.2, -0.15) is 0 Å². The van der Waals surface area contributed by atoms with Crippen molar-refractivity contribution in [1.29, 1.82) is 0 Å². The van der Waals surface area contributed by atoms with E-state index < -0.39 is 0 Å². The van der Waals surface area contributed by atoms with Crippen LogP contribution in [-0.4, -0.2) is 49.4 Å². The second-order valence-electron chi connectivity index (χ2n) is 11.5. The zero-order valence-corrected chi connectivity index (χ0v) is 25.2. The molecule has 1 saturated heterocycles. The van der Waals surface area contributed by atoms with E-state index in [1.165, 1.54) is 4.90 Å². The predicted molar refractivity (Wildman–Crippen MR) is 180 cm³/mol. The minimum absolute atomic E-state index is 0.284. The standard InChI is InChI=1S/C39H35N3O2/c1-3-40-23-25-41(26-24-40)35-22-21-34-37-32(35)15-10-16-33(37)38(43)42(39(34)44)31-19-17-30(18-20-31)36(29-13-8-5-9-14-29)27(2)28-11-6-4-7-12-28/h4-22H,3,23-26H2,1-2H3/b36-27+. The van der Waals surface area contributed by atoms with Crippen LogP contribution in [-0.2, 0) is 0 Å². The molecule has 0 atom stereocenters. The van der Waals surface area contributed by atoms with Gasteiger partial charge in [-0.25, -0.2) is 4.90 Å². The van der Waals surface area contributed by atoms with Gasteiger partial charge in [0.1, 0.15) is 0 Å². The van der Waals surface area contributed by atoms with Crippen molar-refractivity contribution in [3.05, 3.63) is 143 Å². The molecule has 2 amide bonds. The molecule has 0 bridgehead atoms. The molecule has 0 aromatic heterocycles. The first-order valence-corrected chi connectivity index (χ1v) is 15.4. The van der Waals surface area contributed by atoms with Crippen LogP contribution in [0.3, 0.4) is 0 Å². The van der Waals surface area contributed by atoms with Gasteiger partial charge in [0.15, 0.2) is 0 Å². The maximum Gasteiger partial charge on any atom is 0.265 e. The quantitative estimate of drug-likeness (QED) is 0.153. The van der Waals surface area contributed by atoms with Crippen molar-refractivity contribution in [3.63, 3.8) is 0 Å². The van der Waals surface area contributed by atoms with E-state index in [9.17, 15) is 9.59 Å². The van der Waals surface area contributed by atoms with Crippen LogP contribution in [0.5, 0.6) is 0 Å². The molecule has 2 heterocycles. The summed E-state index contributed by atoms with van der Waals surface area (Å²) in [7, 11) is 0. The Morgan fingerprint density at radius 2 is 1.20 bits per heavy atom. The third-order valence-corrected chi connectivity index (χ3v) is 9.10. The number of imide groups is 1. The van der Waals surface area contributed by atoms with E-state index in [1.54, 1.807) is 0 Å². The summed E-state index contributed by atoms with van der Waals surface area (Å²) in [6.45, 7) is 9.25. The number of piperazine rings is 1. The number of allylic oxidation sites excluding steroid dienone is 1. The highest BCUT2D eigenvalue weighted by atomic mass is 16.2. The molecule has 0 unspecified atom stereocenters. The molecule has 0 N–H and O–H groups in total. The van der Waals surface area contributed by atoms with Gasteiger partial charge in [0.25, 0.3) is 11.8 Å². The number of carbonyl (C=O) groups is 2. The number of hydrogen-bond acceptors (Lipinski definition) is 4. The summed E-state index contributed by atoms with van der Waals surface area (Å²) >= 11 is 0. The fourth-order valence-electron chi connectivity index (χ4n) is 6.71. The van der Waals surface area contributed by atoms with Crippen LogP contribution < -0.4 is 9.80 Å². The van der Waals surface area contributed by atoms with E-state index in [2.05, 4.69) is 54.0 Å². The molecule has 0 saturated carbocycles. The molecule has 0 spiro atoms. The SMILES string of the molecule is CCN1CCN(c2ccc3c4c(cccc24)C(=O)N(c2ccc(/C(=C(\C)c4ccccc4)c4ccccc4)cc2)C3=O)CC1. The molecule has 5 nitrogen and oxygen atoms in total. The minimum Gasteiger partial charge on any atom is -0.368 e. The zero-order valence-electron chi connectivity index (χ0n) is 25.2. The minimum atomic E-state index is -0.284. The average molecular weight is 578 g/mol. The van der Waals surface area contributed by atoms with Crippen LogP contribution in [0.2, 0.25) is 0 Å². The molecule has 5 heteroatoms. The third kappa shape index (κ3) is 4.80. The van der Waals surface area contributed by atoms with Gasteiger partial charge in [0.2, 0.25) is 0 Å². The van der Waals surface area contributed by atoms with Gasteiger partial charge in [-0.05, 0) is 71.6 Å². The van der Waals surface area contributed by atoms with Gasteiger partial charge < -0.3 is 9.80 Å². The number of rotatable bonds is 6. The van der Waals surface area contributed by atoms with Crippen LogP contribution >= 0.6 is 0 Å². The average Bonchev–Trinajstić information content (AvgIpc) is 3.08. The molecule has 0 aliphatic carbocycles. The van der Waals surface area contributed by atoms with E-state index in [-0.39, 0.29) is 11.8 Å². The van der Waals surface area contributed by atoms with E-state index in [1.807, 2.05) is 84.9 Å². The highest BCUT2D eigenvalue weighted by Crippen LogP contribution is 2.39. The van der Waals surface area contributed by atoms with Gasteiger partial charge in [-0.3, -0.25) is 9.59 Å². The molecule has 44 heavy (non-hydrogen) atoms. The smallest absolute Gasteiger partial charge is 0.265 e. The number of likely N-dealkylation sites (N-methyl/N-ethyl adjacent to an activating group) is 1. The van der Waals surface area contributed by atoms with Crippen LogP contribution in [0.15, 0.2) is 115 Å². The third-order valence-electron chi connectivity index (χ3n) is 9.10. The molecule has 2 aliphatic rings. The molecular weight excluding hydrogens is 542 g/mol. The molecule has 5 aromatic carbocycles. The van der Waals surface area contributed by atoms with Crippen molar-refractivity contribution in [2.45, 2.75) is 13.8 Å².